The number of nitrogens with zero attached hydrogens (tertiary/aromatic N) is 2. The zero-order chi connectivity index (χ0) is 13.7. The molecule has 0 unspecified atom stereocenters. The first-order chi connectivity index (χ1) is 9.22. The zero-order valence-electron chi connectivity index (χ0n) is 11.2. The van der Waals surface area contributed by atoms with Crippen LogP contribution in [-0.2, 0) is 6.54 Å². The molecule has 0 fully saturated rings. The number of nitrogens with one attached hydrogen (secondary N) is 1. The van der Waals surface area contributed by atoms with E-state index in [9.17, 15) is 4.39 Å². The first kappa shape index (κ1) is 13.3. The molecule has 1 heterocycles. The highest BCUT2D eigenvalue weighted by molar-refractivity contribution is 5.46. The highest BCUT2D eigenvalue weighted by Gasteiger charge is 2.06. The molecule has 0 spiro atoms. The molecule has 0 aliphatic carbocycles. The minimum absolute atomic E-state index is 0.213. The summed E-state index contributed by atoms with van der Waals surface area (Å²) in [6.45, 7) is 3.63. The summed E-state index contributed by atoms with van der Waals surface area (Å²) in [4.78, 5) is 6.65. The SMILES string of the molecule is CCN(Cc1cccc(NC)n1)c1ccc(F)cc1. The third-order valence-electron chi connectivity index (χ3n) is 2.99. The lowest BCUT2D eigenvalue weighted by Gasteiger charge is -2.22. The molecule has 0 saturated carbocycles. The van der Waals surface area contributed by atoms with E-state index in [0.29, 0.717) is 6.54 Å². The van der Waals surface area contributed by atoms with Crippen LogP contribution in [0.15, 0.2) is 42.5 Å². The van der Waals surface area contributed by atoms with Crippen molar-refractivity contribution in [3.05, 3.63) is 54.0 Å². The molecule has 0 amide bonds. The summed E-state index contributed by atoms with van der Waals surface area (Å²) in [6, 6.07) is 12.4. The van der Waals surface area contributed by atoms with Crippen LogP contribution in [0, 0.1) is 5.82 Å². The summed E-state index contributed by atoms with van der Waals surface area (Å²) < 4.78 is 12.9. The molecule has 1 aromatic heterocycles. The summed E-state index contributed by atoms with van der Waals surface area (Å²) in [7, 11) is 1.85. The molecule has 100 valence electrons. The topological polar surface area (TPSA) is 28.2 Å². The minimum Gasteiger partial charge on any atom is -0.373 e. The second-order valence-corrected chi connectivity index (χ2v) is 4.25. The van der Waals surface area contributed by atoms with Crippen LogP contribution in [0.2, 0.25) is 0 Å². The summed E-state index contributed by atoms with van der Waals surface area (Å²) in [5.41, 5.74) is 1.98. The van der Waals surface area contributed by atoms with Crippen molar-refractivity contribution >= 4 is 11.5 Å². The Kier molecular flexibility index (Phi) is 4.34. The maximum atomic E-state index is 12.9. The van der Waals surface area contributed by atoms with Gasteiger partial charge in [-0.15, -0.1) is 0 Å². The van der Waals surface area contributed by atoms with Crippen LogP contribution in [-0.4, -0.2) is 18.6 Å². The van der Waals surface area contributed by atoms with Gasteiger partial charge >= 0.3 is 0 Å². The van der Waals surface area contributed by atoms with E-state index in [4.69, 9.17) is 0 Å². The Morgan fingerprint density at radius 1 is 1.16 bits per heavy atom. The van der Waals surface area contributed by atoms with Crippen molar-refractivity contribution in [2.75, 3.05) is 23.8 Å². The van der Waals surface area contributed by atoms with Crippen LogP contribution >= 0.6 is 0 Å². The number of pyridine rings is 1. The maximum Gasteiger partial charge on any atom is 0.126 e. The maximum absolute atomic E-state index is 12.9. The summed E-state index contributed by atoms with van der Waals surface area (Å²) in [5, 5.41) is 3.03. The predicted octanol–water partition coefficient (Wildman–Crippen LogP) is 3.29. The Morgan fingerprint density at radius 2 is 1.89 bits per heavy atom. The van der Waals surface area contributed by atoms with E-state index in [0.717, 1.165) is 23.7 Å². The molecule has 0 radical (unpaired) electrons. The summed E-state index contributed by atoms with van der Waals surface area (Å²) in [5.74, 6) is 0.641. The van der Waals surface area contributed by atoms with Crippen LogP contribution in [0.5, 0.6) is 0 Å². The van der Waals surface area contributed by atoms with Gasteiger partial charge in [0.05, 0.1) is 12.2 Å². The Balaban J connectivity index is 2.16. The van der Waals surface area contributed by atoms with Gasteiger partial charge in [-0.3, -0.25) is 0 Å². The van der Waals surface area contributed by atoms with Gasteiger partial charge in [-0.1, -0.05) is 6.07 Å². The normalized spacial score (nSPS) is 10.3. The Bertz CT molecular complexity index is 525. The standard InChI is InChI=1S/C15H18FN3/c1-3-19(14-9-7-12(16)8-10-14)11-13-5-4-6-15(17-2)18-13/h4-10H,3,11H2,1-2H3,(H,17,18). The van der Waals surface area contributed by atoms with E-state index in [2.05, 4.69) is 22.1 Å². The van der Waals surface area contributed by atoms with E-state index >= 15 is 0 Å². The highest BCUT2D eigenvalue weighted by atomic mass is 19.1. The fraction of sp³-hybridized carbons (Fsp3) is 0.267. The number of hydrogen-bond donors (Lipinski definition) is 1. The molecule has 2 aromatic rings. The van der Waals surface area contributed by atoms with Gasteiger partial charge < -0.3 is 10.2 Å². The Hall–Kier alpha value is -2.10. The lowest BCUT2D eigenvalue weighted by Crippen LogP contribution is -2.22. The van der Waals surface area contributed by atoms with Crippen molar-refractivity contribution in [2.24, 2.45) is 0 Å². The van der Waals surface area contributed by atoms with Crippen molar-refractivity contribution in [1.82, 2.24) is 4.98 Å². The fourth-order valence-corrected chi connectivity index (χ4v) is 1.94. The van der Waals surface area contributed by atoms with Crippen molar-refractivity contribution in [1.29, 1.82) is 0 Å². The van der Waals surface area contributed by atoms with Gasteiger partial charge in [0.1, 0.15) is 11.6 Å². The molecule has 2 rings (SSSR count). The van der Waals surface area contributed by atoms with Crippen molar-refractivity contribution in [2.45, 2.75) is 13.5 Å². The average Bonchev–Trinajstić information content (AvgIpc) is 2.46. The average molecular weight is 259 g/mol. The van der Waals surface area contributed by atoms with Crippen molar-refractivity contribution in [3.8, 4) is 0 Å². The van der Waals surface area contributed by atoms with Crippen LogP contribution in [0.3, 0.4) is 0 Å². The van der Waals surface area contributed by atoms with Gasteiger partial charge in [0.2, 0.25) is 0 Å². The van der Waals surface area contributed by atoms with E-state index in [1.54, 1.807) is 12.1 Å². The van der Waals surface area contributed by atoms with Crippen LogP contribution in [0.4, 0.5) is 15.9 Å². The number of anilines is 2. The van der Waals surface area contributed by atoms with Gasteiger partial charge in [0, 0.05) is 19.3 Å². The number of rotatable bonds is 5. The van der Waals surface area contributed by atoms with Crippen molar-refractivity contribution < 1.29 is 4.39 Å². The predicted molar refractivity (Wildman–Crippen MR) is 76.9 cm³/mol. The minimum atomic E-state index is -0.213. The molecule has 1 N–H and O–H groups in total. The second-order valence-electron chi connectivity index (χ2n) is 4.25. The molecule has 19 heavy (non-hydrogen) atoms. The number of benzene rings is 1. The third-order valence-corrected chi connectivity index (χ3v) is 2.99. The number of aromatic nitrogens is 1. The molecule has 0 aliphatic heterocycles. The third kappa shape index (κ3) is 3.44. The lowest BCUT2D eigenvalue weighted by molar-refractivity contribution is 0.627. The molecular formula is C15H18FN3. The second kappa shape index (κ2) is 6.18. The molecule has 4 heteroatoms. The molecule has 0 saturated heterocycles. The van der Waals surface area contributed by atoms with E-state index in [1.807, 2.05) is 25.2 Å². The van der Waals surface area contributed by atoms with Gasteiger partial charge in [0.15, 0.2) is 0 Å². The van der Waals surface area contributed by atoms with Gasteiger partial charge in [-0.05, 0) is 43.3 Å². The summed E-state index contributed by atoms with van der Waals surface area (Å²) in [6.07, 6.45) is 0. The quantitative estimate of drug-likeness (QED) is 0.893. The monoisotopic (exact) mass is 259 g/mol. The fourth-order valence-electron chi connectivity index (χ4n) is 1.94. The van der Waals surface area contributed by atoms with Gasteiger partial charge in [-0.25, -0.2) is 9.37 Å². The number of halogens is 1. The molecule has 0 aliphatic rings. The lowest BCUT2D eigenvalue weighted by atomic mass is 10.2. The molecular weight excluding hydrogens is 241 g/mol. The zero-order valence-corrected chi connectivity index (χ0v) is 11.2. The largest absolute Gasteiger partial charge is 0.373 e. The van der Waals surface area contributed by atoms with Gasteiger partial charge in [0.25, 0.3) is 0 Å². The smallest absolute Gasteiger partial charge is 0.126 e. The molecule has 1 aromatic carbocycles. The molecule has 3 nitrogen and oxygen atoms in total. The van der Waals surface area contributed by atoms with E-state index < -0.39 is 0 Å². The molecule has 0 bridgehead atoms. The van der Waals surface area contributed by atoms with Crippen LogP contribution in [0.25, 0.3) is 0 Å². The van der Waals surface area contributed by atoms with Crippen molar-refractivity contribution in [3.63, 3.8) is 0 Å². The van der Waals surface area contributed by atoms with E-state index in [1.165, 1.54) is 12.1 Å². The van der Waals surface area contributed by atoms with Crippen LogP contribution < -0.4 is 10.2 Å². The number of hydrogen-bond acceptors (Lipinski definition) is 3. The molecule has 0 atom stereocenters. The Morgan fingerprint density at radius 3 is 2.53 bits per heavy atom. The Labute approximate surface area is 113 Å². The first-order valence-corrected chi connectivity index (χ1v) is 6.37. The van der Waals surface area contributed by atoms with Gasteiger partial charge in [-0.2, -0.15) is 0 Å². The van der Waals surface area contributed by atoms with Crippen LogP contribution in [0.1, 0.15) is 12.6 Å². The highest BCUT2D eigenvalue weighted by Crippen LogP contribution is 2.17. The summed E-state index contributed by atoms with van der Waals surface area (Å²) >= 11 is 0. The van der Waals surface area contributed by atoms with E-state index in [-0.39, 0.29) is 5.82 Å². The first-order valence-electron chi connectivity index (χ1n) is 6.37.